The van der Waals surface area contributed by atoms with Gasteiger partial charge >= 0.3 is 0 Å². The molecular formula is C14H18O2. The molecule has 1 aliphatic rings. The van der Waals surface area contributed by atoms with Crippen molar-refractivity contribution in [2.45, 2.75) is 31.0 Å². The molecule has 86 valence electrons. The zero-order valence-corrected chi connectivity index (χ0v) is 9.29. The summed E-state index contributed by atoms with van der Waals surface area (Å²) in [5, 5.41) is 20.1. The van der Waals surface area contributed by atoms with E-state index in [9.17, 15) is 10.2 Å². The van der Waals surface area contributed by atoms with E-state index >= 15 is 0 Å². The summed E-state index contributed by atoms with van der Waals surface area (Å²) in [6.45, 7) is 3.67. The first-order chi connectivity index (χ1) is 7.74. The minimum Gasteiger partial charge on any atom is -0.393 e. The maximum absolute atomic E-state index is 10.2. The lowest BCUT2D eigenvalue weighted by Gasteiger charge is -2.19. The number of hydrogen-bond acceptors (Lipinski definition) is 2. The molecule has 0 aromatic heterocycles. The second-order valence-corrected chi connectivity index (χ2v) is 4.50. The van der Waals surface area contributed by atoms with Gasteiger partial charge in [-0.05, 0) is 18.4 Å². The standard InChI is InChI=1S/C14H18O2/c1-2-6-11-13(15)9-12(14(11)16)10-7-4-3-5-8-10/h2-5,7-8,11-16H,1,6,9H2. The van der Waals surface area contributed by atoms with Crippen LogP contribution in [0.2, 0.25) is 0 Å². The van der Waals surface area contributed by atoms with Gasteiger partial charge in [0.1, 0.15) is 0 Å². The minimum atomic E-state index is -0.463. The Bertz CT molecular complexity index is 347. The maximum atomic E-state index is 10.2. The quantitative estimate of drug-likeness (QED) is 0.763. The Morgan fingerprint density at radius 2 is 1.94 bits per heavy atom. The van der Waals surface area contributed by atoms with Crippen molar-refractivity contribution in [1.29, 1.82) is 0 Å². The average Bonchev–Trinajstić information content (AvgIpc) is 2.59. The SMILES string of the molecule is C=CCC1C(O)CC(c2ccccc2)C1O. The summed E-state index contributed by atoms with van der Waals surface area (Å²) < 4.78 is 0. The molecule has 0 amide bonds. The van der Waals surface area contributed by atoms with Gasteiger partial charge in [0.15, 0.2) is 0 Å². The van der Waals surface area contributed by atoms with E-state index in [1.807, 2.05) is 30.3 Å². The summed E-state index contributed by atoms with van der Waals surface area (Å²) in [7, 11) is 0. The predicted molar refractivity (Wildman–Crippen MR) is 64.1 cm³/mol. The highest BCUT2D eigenvalue weighted by atomic mass is 16.3. The van der Waals surface area contributed by atoms with E-state index in [0.29, 0.717) is 12.8 Å². The molecule has 2 rings (SSSR count). The zero-order valence-electron chi connectivity index (χ0n) is 9.29. The van der Waals surface area contributed by atoms with Crippen LogP contribution in [0.15, 0.2) is 43.0 Å². The number of allylic oxidation sites excluding steroid dienone is 1. The van der Waals surface area contributed by atoms with E-state index in [-0.39, 0.29) is 11.8 Å². The molecule has 0 radical (unpaired) electrons. The largest absolute Gasteiger partial charge is 0.393 e. The zero-order chi connectivity index (χ0) is 11.5. The maximum Gasteiger partial charge on any atom is 0.0665 e. The van der Waals surface area contributed by atoms with Gasteiger partial charge < -0.3 is 10.2 Å². The Morgan fingerprint density at radius 1 is 1.25 bits per heavy atom. The fraction of sp³-hybridized carbons (Fsp3) is 0.429. The summed E-state index contributed by atoms with van der Waals surface area (Å²) in [6.07, 6.45) is 2.20. The lowest BCUT2D eigenvalue weighted by molar-refractivity contribution is 0.0635. The summed E-state index contributed by atoms with van der Waals surface area (Å²) in [5.41, 5.74) is 1.11. The van der Waals surface area contributed by atoms with Crippen LogP contribution in [0.4, 0.5) is 0 Å². The highest BCUT2D eigenvalue weighted by Gasteiger charge is 2.41. The Labute approximate surface area is 96.2 Å². The second kappa shape index (κ2) is 4.81. The van der Waals surface area contributed by atoms with Gasteiger partial charge in [-0.25, -0.2) is 0 Å². The molecule has 1 saturated carbocycles. The van der Waals surface area contributed by atoms with Crippen molar-refractivity contribution in [3.8, 4) is 0 Å². The van der Waals surface area contributed by atoms with E-state index in [0.717, 1.165) is 5.56 Å². The number of rotatable bonds is 3. The van der Waals surface area contributed by atoms with Crippen LogP contribution < -0.4 is 0 Å². The van der Waals surface area contributed by atoms with E-state index < -0.39 is 12.2 Å². The Balaban J connectivity index is 2.17. The van der Waals surface area contributed by atoms with Crippen LogP contribution >= 0.6 is 0 Å². The van der Waals surface area contributed by atoms with Crippen LogP contribution in [0, 0.1) is 5.92 Å². The summed E-state index contributed by atoms with van der Waals surface area (Å²) in [5.74, 6) is -0.0103. The first-order valence-corrected chi connectivity index (χ1v) is 5.76. The number of aliphatic hydroxyl groups is 2. The third-order valence-corrected chi connectivity index (χ3v) is 3.51. The lowest BCUT2D eigenvalue weighted by atomic mass is 9.92. The molecule has 2 heteroatoms. The van der Waals surface area contributed by atoms with Gasteiger partial charge in [0.2, 0.25) is 0 Å². The Hall–Kier alpha value is -1.12. The van der Waals surface area contributed by atoms with Crippen molar-refractivity contribution >= 4 is 0 Å². The molecule has 0 aliphatic heterocycles. The monoisotopic (exact) mass is 218 g/mol. The first-order valence-electron chi connectivity index (χ1n) is 5.76. The van der Waals surface area contributed by atoms with Crippen molar-refractivity contribution in [3.05, 3.63) is 48.6 Å². The highest BCUT2D eigenvalue weighted by molar-refractivity contribution is 5.23. The van der Waals surface area contributed by atoms with Crippen molar-refractivity contribution in [1.82, 2.24) is 0 Å². The molecule has 1 aromatic carbocycles. The first kappa shape index (κ1) is 11.4. The fourth-order valence-corrected chi connectivity index (χ4v) is 2.62. The molecule has 0 spiro atoms. The molecule has 4 unspecified atom stereocenters. The topological polar surface area (TPSA) is 40.5 Å². The molecule has 0 bridgehead atoms. The van der Waals surface area contributed by atoms with Crippen LogP contribution in [0.25, 0.3) is 0 Å². The van der Waals surface area contributed by atoms with Crippen molar-refractivity contribution in [2.24, 2.45) is 5.92 Å². The van der Waals surface area contributed by atoms with Crippen molar-refractivity contribution in [3.63, 3.8) is 0 Å². The van der Waals surface area contributed by atoms with Gasteiger partial charge in [-0.3, -0.25) is 0 Å². The molecule has 2 nitrogen and oxygen atoms in total. The molecule has 2 N–H and O–H groups in total. The van der Waals surface area contributed by atoms with E-state index in [4.69, 9.17) is 0 Å². The third kappa shape index (κ3) is 2.04. The molecule has 1 aliphatic carbocycles. The normalized spacial score (nSPS) is 33.9. The molecule has 4 atom stereocenters. The van der Waals surface area contributed by atoms with E-state index in [1.165, 1.54) is 0 Å². The van der Waals surface area contributed by atoms with E-state index in [1.54, 1.807) is 6.08 Å². The van der Waals surface area contributed by atoms with Gasteiger partial charge in [-0.15, -0.1) is 6.58 Å². The molecule has 1 fully saturated rings. The van der Waals surface area contributed by atoms with Crippen LogP contribution in [-0.2, 0) is 0 Å². The lowest BCUT2D eigenvalue weighted by Crippen LogP contribution is -2.23. The highest BCUT2D eigenvalue weighted by Crippen LogP contribution is 2.40. The van der Waals surface area contributed by atoms with Crippen LogP contribution in [0.5, 0.6) is 0 Å². The van der Waals surface area contributed by atoms with Crippen molar-refractivity contribution < 1.29 is 10.2 Å². The van der Waals surface area contributed by atoms with Crippen LogP contribution in [0.3, 0.4) is 0 Å². The van der Waals surface area contributed by atoms with Crippen LogP contribution in [0.1, 0.15) is 24.3 Å². The third-order valence-electron chi connectivity index (χ3n) is 3.51. The summed E-state index contributed by atoms with van der Waals surface area (Å²) in [6, 6.07) is 9.92. The molecule has 0 heterocycles. The fourth-order valence-electron chi connectivity index (χ4n) is 2.62. The molecular weight excluding hydrogens is 200 g/mol. The molecule has 0 saturated heterocycles. The Kier molecular flexibility index (Phi) is 3.42. The molecule has 16 heavy (non-hydrogen) atoms. The minimum absolute atomic E-state index is 0.0566. The van der Waals surface area contributed by atoms with Gasteiger partial charge in [0.05, 0.1) is 12.2 Å². The summed E-state index contributed by atoms with van der Waals surface area (Å²) >= 11 is 0. The smallest absolute Gasteiger partial charge is 0.0665 e. The second-order valence-electron chi connectivity index (χ2n) is 4.50. The number of hydrogen-bond donors (Lipinski definition) is 2. The molecule has 1 aromatic rings. The number of benzene rings is 1. The van der Waals surface area contributed by atoms with Gasteiger partial charge in [0, 0.05) is 11.8 Å². The van der Waals surface area contributed by atoms with Gasteiger partial charge in [0.25, 0.3) is 0 Å². The van der Waals surface area contributed by atoms with Gasteiger partial charge in [-0.2, -0.15) is 0 Å². The number of aliphatic hydroxyl groups excluding tert-OH is 2. The Morgan fingerprint density at radius 3 is 2.56 bits per heavy atom. The summed E-state index contributed by atoms with van der Waals surface area (Å²) in [4.78, 5) is 0. The van der Waals surface area contributed by atoms with E-state index in [2.05, 4.69) is 6.58 Å². The average molecular weight is 218 g/mol. The van der Waals surface area contributed by atoms with Crippen molar-refractivity contribution in [2.75, 3.05) is 0 Å². The van der Waals surface area contributed by atoms with Crippen LogP contribution in [-0.4, -0.2) is 22.4 Å². The van der Waals surface area contributed by atoms with Gasteiger partial charge in [-0.1, -0.05) is 36.4 Å². The predicted octanol–water partition coefficient (Wildman–Crippen LogP) is 2.09.